The molecule has 3 heterocycles. The maximum absolute atomic E-state index is 13.0. The van der Waals surface area contributed by atoms with E-state index in [-0.39, 0.29) is 17.2 Å². The number of fused-ring (bicyclic) bond motifs is 1. The Labute approximate surface area is 140 Å². The zero-order valence-corrected chi connectivity index (χ0v) is 13.5. The van der Waals surface area contributed by atoms with Crippen molar-refractivity contribution in [2.45, 2.75) is 32.9 Å². The lowest BCUT2D eigenvalue weighted by Gasteiger charge is -2.08. The summed E-state index contributed by atoms with van der Waals surface area (Å²) in [6, 6.07) is 3.71. The quantitative estimate of drug-likeness (QED) is 0.774. The van der Waals surface area contributed by atoms with Crippen molar-refractivity contribution in [1.29, 1.82) is 0 Å². The summed E-state index contributed by atoms with van der Waals surface area (Å²) in [7, 11) is 0. The van der Waals surface area contributed by atoms with Gasteiger partial charge in [-0.05, 0) is 25.5 Å². The fourth-order valence-corrected chi connectivity index (χ4v) is 2.51. The Kier molecular flexibility index (Phi) is 4.23. The van der Waals surface area contributed by atoms with Crippen molar-refractivity contribution in [1.82, 2.24) is 14.5 Å². The number of amides is 1. The second kappa shape index (κ2) is 6.23. The van der Waals surface area contributed by atoms with E-state index >= 15 is 0 Å². The molecular formula is C16H15F3N4O2. The molecule has 0 aliphatic heterocycles. The molecule has 3 aromatic heterocycles. The van der Waals surface area contributed by atoms with Gasteiger partial charge < -0.3 is 9.84 Å². The van der Waals surface area contributed by atoms with Crippen LogP contribution in [0.4, 0.5) is 19.0 Å². The second-order valence-electron chi connectivity index (χ2n) is 5.58. The maximum Gasteiger partial charge on any atom is 0.417 e. The summed E-state index contributed by atoms with van der Waals surface area (Å²) in [5.41, 5.74) is -0.0899. The van der Waals surface area contributed by atoms with E-state index in [1.165, 1.54) is 12.1 Å². The number of pyridine rings is 1. The van der Waals surface area contributed by atoms with Crippen LogP contribution in [0.3, 0.4) is 0 Å². The van der Waals surface area contributed by atoms with Crippen molar-refractivity contribution >= 4 is 17.4 Å². The van der Waals surface area contributed by atoms with Gasteiger partial charge >= 0.3 is 6.18 Å². The van der Waals surface area contributed by atoms with Crippen molar-refractivity contribution in [3.8, 4) is 0 Å². The minimum absolute atomic E-state index is 0.0589. The van der Waals surface area contributed by atoms with Crippen molar-refractivity contribution in [3.05, 3.63) is 47.1 Å². The van der Waals surface area contributed by atoms with Gasteiger partial charge in [0.05, 0.1) is 11.3 Å². The SMILES string of the molecule is CCCc1nc2ccc(C(F)(F)F)cn2c1C(=O)Nc1cc(C)on1. The van der Waals surface area contributed by atoms with E-state index < -0.39 is 17.6 Å². The number of carbonyl (C=O) groups is 1. The number of nitrogens with zero attached hydrogens (tertiary/aromatic N) is 3. The van der Waals surface area contributed by atoms with Crippen LogP contribution < -0.4 is 5.32 Å². The van der Waals surface area contributed by atoms with Crippen molar-refractivity contribution in [2.24, 2.45) is 0 Å². The number of hydrogen-bond donors (Lipinski definition) is 1. The fraction of sp³-hybridized carbons (Fsp3) is 0.312. The van der Waals surface area contributed by atoms with Crippen LogP contribution in [0.25, 0.3) is 5.65 Å². The van der Waals surface area contributed by atoms with Crippen LogP contribution in [0.2, 0.25) is 0 Å². The highest BCUT2D eigenvalue weighted by Crippen LogP contribution is 2.30. The Bertz CT molecular complexity index is 927. The molecule has 6 nitrogen and oxygen atoms in total. The van der Waals surface area contributed by atoms with Gasteiger partial charge in [-0.15, -0.1) is 0 Å². The number of imidazole rings is 1. The first-order valence-electron chi connectivity index (χ1n) is 7.62. The lowest BCUT2D eigenvalue weighted by Crippen LogP contribution is -2.17. The number of rotatable bonds is 4. The Morgan fingerprint density at radius 2 is 2.12 bits per heavy atom. The third kappa shape index (κ3) is 3.35. The fourth-order valence-electron chi connectivity index (χ4n) is 2.51. The van der Waals surface area contributed by atoms with Gasteiger partial charge in [0.25, 0.3) is 5.91 Å². The number of nitrogens with one attached hydrogen (secondary N) is 1. The molecule has 0 saturated carbocycles. The Hall–Kier alpha value is -2.84. The molecule has 0 aliphatic rings. The summed E-state index contributed by atoms with van der Waals surface area (Å²) >= 11 is 0. The van der Waals surface area contributed by atoms with E-state index in [0.717, 1.165) is 16.7 Å². The Morgan fingerprint density at radius 3 is 2.72 bits per heavy atom. The van der Waals surface area contributed by atoms with Gasteiger partial charge in [-0.25, -0.2) is 4.98 Å². The third-order valence-corrected chi connectivity index (χ3v) is 3.59. The molecule has 25 heavy (non-hydrogen) atoms. The first-order chi connectivity index (χ1) is 11.8. The van der Waals surface area contributed by atoms with E-state index in [1.807, 2.05) is 6.92 Å². The van der Waals surface area contributed by atoms with Gasteiger partial charge in [-0.1, -0.05) is 18.5 Å². The number of alkyl halides is 3. The molecule has 0 saturated heterocycles. The molecule has 9 heteroatoms. The summed E-state index contributed by atoms with van der Waals surface area (Å²) < 4.78 is 45.0. The zero-order valence-electron chi connectivity index (χ0n) is 13.5. The topological polar surface area (TPSA) is 72.4 Å². The molecule has 0 spiro atoms. The molecule has 1 N–H and O–H groups in total. The number of hydrogen-bond acceptors (Lipinski definition) is 4. The van der Waals surface area contributed by atoms with Crippen LogP contribution in [0.1, 0.15) is 40.9 Å². The molecule has 0 atom stereocenters. The smallest absolute Gasteiger partial charge is 0.360 e. The molecule has 0 radical (unpaired) electrons. The molecule has 0 bridgehead atoms. The van der Waals surface area contributed by atoms with Crippen LogP contribution >= 0.6 is 0 Å². The van der Waals surface area contributed by atoms with E-state index in [9.17, 15) is 18.0 Å². The van der Waals surface area contributed by atoms with Gasteiger partial charge in [0.15, 0.2) is 5.82 Å². The molecular weight excluding hydrogens is 337 g/mol. The zero-order chi connectivity index (χ0) is 18.2. The van der Waals surface area contributed by atoms with E-state index in [2.05, 4.69) is 15.5 Å². The van der Waals surface area contributed by atoms with E-state index in [0.29, 0.717) is 24.3 Å². The highest BCUT2D eigenvalue weighted by atomic mass is 19.4. The predicted octanol–water partition coefficient (Wildman–Crippen LogP) is 3.85. The number of aromatic nitrogens is 3. The molecule has 0 aliphatic carbocycles. The summed E-state index contributed by atoms with van der Waals surface area (Å²) in [4.78, 5) is 16.9. The van der Waals surface area contributed by atoms with Crippen LogP contribution in [-0.4, -0.2) is 20.4 Å². The highest BCUT2D eigenvalue weighted by Gasteiger charge is 2.32. The maximum atomic E-state index is 13.0. The van der Waals surface area contributed by atoms with Crippen LogP contribution in [-0.2, 0) is 12.6 Å². The molecule has 0 unspecified atom stereocenters. The monoisotopic (exact) mass is 352 g/mol. The van der Waals surface area contributed by atoms with Gasteiger partial charge in [0.2, 0.25) is 0 Å². The average molecular weight is 352 g/mol. The van der Waals surface area contributed by atoms with Crippen LogP contribution in [0.15, 0.2) is 28.9 Å². The van der Waals surface area contributed by atoms with E-state index in [1.54, 1.807) is 6.92 Å². The number of anilines is 1. The second-order valence-corrected chi connectivity index (χ2v) is 5.58. The van der Waals surface area contributed by atoms with Gasteiger partial charge in [0.1, 0.15) is 17.1 Å². The summed E-state index contributed by atoms with van der Waals surface area (Å²) in [5.74, 6) is 0.0945. The van der Waals surface area contributed by atoms with Crippen molar-refractivity contribution in [2.75, 3.05) is 5.32 Å². The lowest BCUT2D eigenvalue weighted by molar-refractivity contribution is -0.137. The molecule has 132 valence electrons. The molecule has 0 aromatic carbocycles. The van der Waals surface area contributed by atoms with Crippen LogP contribution in [0, 0.1) is 6.92 Å². The summed E-state index contributed by atoms with van der Waals surface area (Å²) in [6.45, 7) is 3.56. The molecule has 1 amide bonds. The van der Waals surface area contributed by atoms with E-state index in [4.69, 9.17) is 4.52 Å². The number of halogens is 3. The normalized spacial score (nSPS) is 11.9. The first-order valence-corrected chi connectivity index (χ1v) is 7.62. The van der Waals surface area contributed by atoms with Crippen molar-refractivity contribution in [3.63, 3.8) is 0 Å². The molecule has 3 rings (SSSR count). The van der Waals surface area contributed by atoms with Crippen LogP contribution in [0.5, 0.6) is 0 Å². The largest absolute Gasteiger partial charge is 0.417 e. The Balaban J connectivity index is 2.09. The summed E-state index contributed by atoms with van der Waals surface area (Å²) in [6.07, 6.45) is -2.48. The van der Waals surface area contributed by atoms with Gasteiger partial charge in [-0.2, -0.15) is 13.2 Å². The third-order valence-electron chi connectivity index (χ3n) is 3.59. The Morgan fingerprint density at radius 1 is 1.36 bits per heavy atom. The average Bonchev–Trinajstić information content (AvgIpc) is 3.09. The van der Waals surface area contributed by atoms with Gasteiger partial charge in [0, 0.05) is 12.3 Å². The number of aryl methyl sites for hydroxylation is 2. The lowest BCUT2D eigenvalue weighted by atomic mass is 10.2. The first kappa shape index (κ1) is 17.0. The molecule has 3 aromatic rings. The minimum atomic E-state index is -4.51. The highest BCUT2D eigenvalue weighted by molar-refractivity contribution is 6.04. The van der Waals surface area contributed by atoms with Crippen molar-refractivity contribution < 1.29 is 22.5 Å². The standard InChI is InChI=1S/C16H15F3N4O2/c1-3-4-11-14(15(24)21-12-7-9(2)25-22-12)23-8-10(16(17,18)19)5-6-13(23)20-11/h5-8H,3-4H2,1-2H3,(H,21,22,24). The minimum Gasteiger partial charge on any atom is -0.360 e. The molecule has 0 fully saturated rings. The number of carbonyl (C=O) groups excluding carboxylic acids is 1. The summed E-state index contributed by atoms with van der Waals surface area (Å²) in [5, 5.41) is 6.19. The predicted molar refractivity (Wildman–Crippen MR) is 83.4 cm³/mol. The van der Waals surface area contributed by atoms with Gasteiger partial charge in [-0.3, -0.25) is 9.20 Å².